The van der Waals surface area contributed by atoms with Crippen molar-refractivity contribution in [3.05, 3.63) is 66.2 Å². The summed E-state index contributed by atoms with van der Waals surface area (Å²) in [6.07, 6.45) is 0.618. The fourth-order valence-corrected chi connectivity index (χ4v) is 2.67. The van der Waals surface area contributed by atoms with Gasteiger partial charge >= 0.3 is 6.03 Å². The van der Waals surface area contributed by atoms with Gasteiger partial charge in [-0.2, -0.15) is 0 Å². The van der Waals surface area contributed by atoms with Gasteiger partial charge in [0.15, 0.2) is 0 Å². The maximum atomic E-state index is 12.4. The molecule has 0 unspecified atom stereocenters. The molecule has 0 bridgehead atoms. The van der Waals surface area contributed by atoms with Crippen molar-refractivity contribution in [3.63, 3.8) is 0 Å². The van der Waals surface area contributed by atoms with Crippen LogP contribution in [0.5, 0.6) is 0 Å². The van der Waals surface area contributed by atoms with Crippen LogP contribution < -0.4 is 15.5 Å². The number of nitrogens with one attached hydrogen (secondary N) is 2. The summed E-state index contributed by atoms with van der Waals surface area (Å²) in [6, 6.07) is 18.4. The fraction of sp³-hybridized carbons (Fsp3) is 0.222. The van der Waals surface area contributed by atoms with Crippen LogP contribution in [0.25, 0.3) is 0 Å². The van der Waals surface area contributed by atoms with E-state index in [1.165, 1.54) is 0 Å². The zero-order chi connectivity index (χ0) is 16.1. The molecule has 1 saturated heterocycles. The molecule has 1 aliphatic rings. The van der Waals surface area contributed by atoms with Crippen LogP contribution in [-0.2, 0) is 11.3 Å². The number of amides is 3. The van der Waals surface area contributed by atoms with Crippen molar-refractivity contribution < 1.29 is 9.59 Å². The van der Waals surface area contributed by atoms with Crippen LogP contribution in [0.1, 0.15) is 12.0 Å². The Balaban J connectivity index is 1.52. The number of urea groups is 1. The summed E-state index contributed by atoms with van der Waals surface area (Å²) in [4.78, 5) is 26.1. The van der Waals surface area contributed by atoms with Gasteiger partial charge in [0.1, 0.15) is 6.04 Å². The van der Waals surface area contributed by atoms with Gasteiger partial charge in [-0.1, -0.05) is 48.5 Å². The van der Waals surface area contributed by atoms with E-state index in [1.54, 1.807) is 4.90 Å². The van der Waals surface area contributed by atoms with Gasteiger partial charge in [0.25, 0.3) is 0 Å². The maximum Gasteiger partial charge on any atom is 0.315 e. The summed E-state index contributed by atoms with van der Waals surface area (Å²) in [5.41, 5.74) is 1.89. The highest BCUT2D eigenvalue weighted by Crippen LogP contribution is 2.20. The Morgan fingerprint density at radius 3 is 2.39 bits per heavy atom. The second-order valence-corrected chi connectivity index (χ2v) is 5.48. The molecule has 0 aromatic heterocycles. The molecule has 1 atom stereocenters. The van der Waals surface area contributed by atoms with E-state index in [0.29, 0.717) is 19.5 Å². The highest BCUT2D eigenvalue weighted by atomic mass is 16.2. The smallest absolute Gasteiger partial charge is 0.315 e. The molecule has 3 amide bonds. The van der Waals surface area contributed by atoms with Crippen molar-refractivity contribution in [2.45, 2.75) is 19.0 Å². The summed E-state index contributed by atoms with van der Waals surface area (Å²) >= 11 is 0. The molecule has 2 aromatic rings. The van der Waals surface area contributed by atoms with E-state index >= 15 is 0 Å². The van der Waals surface area contributed by atoms with Crippen molar-refractivity contribution in [1.29, 1.82) is 0 Å². The van der Waals surface area contributed by atoms with Crippen LogP contribution in [-0.4, -0.2) is 24.5 Å². The summed E-state index contributed by atoms with van der Waals surface area (Å²) < 4.78 is 0. The molecule has 1 heterocycles. The molecular weight excluding hydrogens is 290 g/mol. The molecule has 5 heteroatoms. The van der Waals surface area contributed by atoms with Crippen LogP contribution in [0.2, 0.25) is 0 Å². The summed E-state index contributed by atoms with van der Waals surface area (Å²) in [6.45, 7) is 1.06. The molecule has 0 saturated carbocycles. The third-order valence-electron chi connectivity index (χ3n) is 3.87. The molecule has 1 fully saturated rings. The summed E-state index contributed by atoms with van der Waals surface area (Å²) in [5, 5.41) is 5.54. The quantitative estimate of drug-likeness (QED) is 0.910. The van der Waals surface area contributed by atoms with E-state index in [2.05, 4.69) is 10.6 Å². The van der Waals surface area contributed by atoms with E-state index in [4.69, 9.17) is 0 Å². The van der Waals surface area contributed by atoms with Gasteiger partial charge in [0.05, 0.1) is 0 Å². The van der Waals surface area contributed by atoms with Gasteiger partial charge in [-0.25, -0.2) is 4.79 Å². The zero-order valence-corrected chi connectivity index (χ0v) is 12.7. The van der Waals surface area contributed by atoms with Gasteiger partial charge in [-0.15, -0.1) is 0 Å². The molecule has 2 N–H and O–H groups in total. The molecule has 3 rings (SSSR count). The molecule has 1 aliphatic heterocycles. The standard InChI is InChI=1S/C18H19N3O2/c22-17-16(11-12-21(17)15-9-5-2-6-10-15)20-18(23)19-13-14-7-3-1-4-8-14/h1-10,16H,11-13H2,(H2,19,20,23)/t16-/m0/s1. The monoisotopic (exact) mass is 309 g/mol. The van der Waals surface area contributed by atoms with Gasteiger partial charge in [-0.3, -0.25) is 4.79 Å². The lowest BCUT2D eigenvalue weighted by molar-refractivity contribution is -0.118. The average molecular weight is 309 g/mol. The normalized spacial score (nSPS) is 17.1. The number of carbonyl (C=O) groups is 2. The van der Waals surface area contributed by atoms with Crippen LogP contribution in [0.3, 0.4) is 0 Å². The number of anilines is 1. The summed E-state index contributed by atoms with van der Waals surface area (Å²) in [7, 11) is 0. The number of rotatable bonds is 4. The van der Waals surface area contributed by atoms with E-state index in [1.807, 2.05) is 60.7 Å². The average Bonchev–Trinajstić information content (AvgIpc) is 2.95. The van der Waals surface area contributed by atoms with E-state index < -0.39 is 6.04 Å². The molecule has 0 aliphatic carbocycles. The lowest BCUT2D eigenvalue weighted by Crippen LogP contribution is -2.45. The maximum absolute atomic E-state index is 12.4. The number of carbonyl (C=O) groups excluding carboxylic acids is 2. The first kappa shape index (κ1) is 15.1. The fourth-order valence-electron chi connectivity index (χ4n) is 2.67. The second kappa shape index (κ2) is 6.96. The van der Waals surface area contributed by atoms with Gasteiger partial charge < -0.3 is 15.5 Å². The van der Waals surface area contributed by atoms with Crippen LogP contribution in [0.15, 0.2) is 60.7 Å². The SMILES string of the molecule is O=C(NCc1ccccc1)N[C@H]1CCN(c2ccccc2)C1=O. The van der Waals surface area contributed by atoms with Gasteiger partial charge in [-0.05, 0) is 24.1 Å². The Labute approximate surface area is 135 Å². The van der Waals surface area contributed by atoms with Crippen molar-refractivity contribution in [1.82, 2.24) is 10.6 Å². The predicted octanol–water partition coefficient (Wildman–Crippen LogP) is 2.29. The first-order valence-electron chi connectivity index (χ1n) is 7.69. The van der Waals surface area contributed by atoms with Crippen molar-refractivity contribution in [3.8, 4) is 0 Å². The number of benzene rings is 2. The number of hydrogen-bond acceptors (Lipinski definition) is 2. The highest BCUT2D eigenvalue weighted by Gasteiger charge is 2.33. The third kappa shape index (κ3) is 3.69. The first-order chi connectivity index (χ1) is 11.2. The molecule has 0 spiro atoms. The Bertz CT molecular complexity index is 673. The molecule has 5 nitrogen and oxygen atoms in total. The topological polar surface area (TPSA) is 61.4 Å². The zero-order valence-electron chi connectivity index (χ0n) is 12.7. The van der Waals surface area contributed by atoms with Gasteiger partial charge in [0.2, 0.25) is 5.91 Å². The minimum atomic E-state index is -0.467. The van der Waals surface area contributed by atoms with E-state index in [-0.39, 0.29) is 11.9 Å². The Morgan fingerprint density at radius 2 is 1.70 bits per heavy atom. The van der Waals surface area contributed by atoms with E-state index in [0.717, 1.165) is 11.3 Å². The van der Waals surface area contributed by atoms with Crippen LogP contribution in [0, 0.1) is 0 Å². The third-order valence-corrected chi connectivity index (χ3v) is 3.87. The number of para-hydroxylation sites is 1. The Morgan fingerprint density at radius 1 is 1.04 bits per heavy atom. The number of nitrogens with zero attached hydrogens (tertiary/aromatic N) is 1. The molecule has 2 aromatic carbocycles. The minimum absolute atomic E-state index is 0.0638. The molecule has 23 heavy (non-hydrogen) atoms. The van der Waals surface area contributed by atoms with Crippen molar-refractivity contribution >= 4 is 17.6 Å². The number of hydrogen-bond donors (Lipinski definition) is 2. The first-order valence-corrected chi connectivity index (χ1v) is 7.69. The predicted molar refractivity (Wildman–Crippen MR) is 89.0 cm³/mol. The minimum Gasteiger partial charge on any atom is -0.334 e. The largest absolute Gasteiger partial charge is 0.334 e. The van der Waals surface area contributed by atoms with Crippen LogP contribution >= 0.6 is 0 Å². The van der Waals surface area contributed by atoms with Gasteiger partial charge in [0, 0.05) is 18.8 Å². The van der Waals surface area contributed by atoms with Crippen LogP contribution in [0.4, 0.5) is 10.5 Å². The highest BCUT2D eigenvalue weighted by molar-refractivity contribution is 6.01. The molecular formula is C18H19N3O2. The summed E-state index contributed by atoms with van der Waals surface area (Å²) in [5.74, 6) is -0.0638. The lowest BCUT2D eigenvalue weighted by Gasteiger charge is -2.17. The Kier molecular flexibility index (Phi) is 4.57. The van der Waals surface area contributed by atoms with Crippen molar-refractivity contribution in [2.75, 3.05) is 11.4 Å². The molecule has 0 radical (unpaired) electrons. The van der Waals surface area contributed by atoms with E-state index in [9.17, 15) is 9.59 Å². The molecule has 118 valence electrons. The van der Waals surface area contributed by atoms with Crippen molar-refractivity contribution in [2.24, 2.45) is 0 Å². The lowest BCUT2D eigenvalue weighted by atomic mass is 10.2. The second-order valence-electron chi connectivity index (χ2n) is 5.48. The Hall–Kier alpha value is -2.82.